The number of pyridine rings is 1. The molecule has 8 aromatic heterocycles. The van der Waals surface area contributed by atoms with Crippen LogP contribution >= 0.6 is 15.9 Å². The molecule has 2 aliphatic carbocycles. The quantitative estimate of drug-likeness (QED) is 0.0532. The third kappa shape index (κ3) is 18.3. The third-order valence-electron chi connectivity index (χ3n) is 19.5. The number of H-pyrrole nitrogens is 2. The van der Waals surface area contributed by atoms with Crippen LogP contribution in [0.1, 0.15) is 98.9 Å². The van der Waals surface area contributed by atoms with E-state index in [2.05, 4.69) is 172 Å². The van der Waals surface area contributed by atoms with Gasteiger partial charge in [-0.15, -0.1) is 0 Å². The molecule has 576 valence electrons. The number of nitrogens with two attached hydrogens (primary N) is 4. The number of halogens is 1. The maximum absolute atomic E-state index is 12.4. The Morgan fingerprint density at radius 3 is 1.86 bits per heavy atom. The van der Waals surface area contributed by atoms with Crippen molar-refractivity contribution < 1.29 is 33.6 Å². The van der Waals surface area contributed by atoms with Gasteiger partial charge in [-0.3, -0.25) is 34.4 Å². The number of phenolic OH excluding ortho intramolecular Hbond substituents is 1. The fraction of sp³-hybridized carbons (Fsp3) is 0.156. The highest BCUT2D eigenvalue weighted by Gasteiger charge is 2.27. The summed E-state index contributed by atoms with van der Waals surface area (Å²) >= 11 is 3.48. The molecule has 0 atom stereocenters. The number of primary amides is 2. The molecule has 0 radical (unpaired) electrons. The van der Waals surface area contributed by atoms with Crippen LogP contribution in [0, 0.1) is 48.5 Å². The normalized spacial score (nSPS) is 12.3. The zero-order valence-electron chi connectivity index (χ0n) is 63.5. The summed E-state index contributed by atoms with van der Waals surface area (Å²) in [5.74, 6) is -0.0505. The molecular formula is C90H87BrN16O7. The lowest BCUT2D eigenvalue weighted by molar-refractivity contribution is -0.191. The highest BCUT2D eigenvalue weighted by Crippen LogP contribution is 2.37. The number of nitrogens with zero attached hydrogens (tertiary/aromatic N) is 9. The molecule has 3 amide bonds. The summed E-state index contributed by atoms with van der Waals surface area (Å²) in [7, 11) is 0. The van der Waals surface area contributed by atoms with Crippen molar-refractivity contribution in [2.24, 2.45) is 22.2 Å². The molecule has 0 spiro atoms. The Morgan fingerprint density at radius 1 is 0.596 bits per heavy atom. The number of hydrogen-bond donors (Lipinski definition) is 8. The van der Waals surface area contributed by atoms with Gasteiger partial charge in [0, 0.05) is 113 Å². The van der Waals surface area contributed by atoms with E-state index >= 15 is 0 Å². The van der Waals surface area contributed by atoms with Gasteiger partial charge in [0.1, 0.15) is 17.1 Å². The number of carbonyl (C=O) groups is 3. The van der Waals surface area contributed by atoms with Gasteiger partial charge in [0.05, 0.1) is 46.4 Å². The Balaban J connectivity index is 0.000000141. The topological polar surface area (TPSA) is 358 Å². The van der Waals surface area contributed by atoms with E-state index in [4.69, 9.17) is 42.0 Å². The minimum Gasteiger partial charge on any atom is -0.508 e. The maximum Gasteiger partial charge on any atom is 0.373 e. The second-order valence-corrected chi connectivity index (χ2v) is 28.2. The molecule has 17 rings (SSSR count). The number of aromatic hydroxyl groups is 1. The zero-order valence-corrected chi connectivity index (χ0v) is 65.1. The van der Waals surface area contributed by atoms with Crippen molar-refractivity contribution in [3.8, 4) is 79.2 Å². The van der Waals surface area contributed by atoms with Crippen molar-refractivity contribution in [1.29, 1.82) is 0 Å². The van der Waals surface area contributed by atoms with E-state index in [1.54, 1.807) is 18.2 Å². The van der Waals surface area contributed by atoms with Crippen molar-refractivity contribution in [2.75, 3.05) is 17.6 Å². The number of fused-ring (bicyclic) bond motifs is 2. The lowest BCUT2D eigenvalue weighted by Gasteiger charge is -2.11. The average Bonchev–Trinajstić information content (AvgIpc) is 1.65. The van der Waals surface area contributed by atoms with Gasteiger partial charge >= 0.3 is 6.15 Å². The first kappa shape index (κ1) is 80.9. The van der Waals surface area contributed by atoms with Crippen LogP contribution in [0.4, 0.5) is 11.6 Å². The second kappa shape index (κ2) is 36.2. The minimum absolute atomic E-state index is 0. The fourth-order valence-corrected chi connectivity index (χ4v) is 14.4. The van der Waals surface area contributed by atoms with Crippen LogP contribution in [-0.2, 0) is 27.2 Å². The van der Waals surface area contributed by atoms with Crippen LogP contribution in [0.5, 0.6) is 5.75 Å². The second-order valence-electron chi connectivity index (χ2n) is 27.3. The van der Waals surface area contributed by atoms with E-state index in [1.165, 1.54) is 57.1 Å². The number of anilines is 2. The number of carbonyl (C=O) groups excluding carboxylic acids is 5. The molecule has 1 aliphatic heterocycles. The first-order valence-corrected chi connectivity index (χ1v) is 37.1. The zero-order chi connectivity index (χ0) is 80.1. The lowest BCUT2D eigenvalue weighted by atomic mass is 9.99. The predicted octanol–water partition coefficient (Wildman–Crippen LogP) is 17.3. The van der Waals surface area contributed by atoms with Crippen LogP contribution in [-0.4, -0.2) is 90.4 Å². The number of nitrogens with one attached hydrogen (secondary N) is 3. The van der Waals surface area contributed by atoms with Gasteiger partial charge in [-0.2, -0.15) is 14.7 Å². The van der Waals surface area contributed by atoms with Crippen LogP contribution in [0.15, 0.2) is 261 Å². The highest BCUT2D eigenvalue weighted by molar-refractivity contribution is 9.10. The molecule has 0 bridgehead atoms. The van der Waals surface area contributed by atoms with Gasteiger partial charge in [-0.05, 0) is 213 Å². The number of nitrogen functional groups attached to an aromatic ring is 1. The molecule has 24 heteroatoms. The largest absolute Gasteiger partial charge is 0.508 e. The summed E-state index contributed by atoms with van der Waals surface area (Å²) in [5, 5.41) is 23.5. The Hall–Kier alpha value is -14.1. The number of aromatic amines is 2. The molecule has 0 saturated heterocycles. The number of aromatic nitrogens is 10. The molecule has 114 heavy (non-hydrogen) atoms. The van der Waals surface area contributed by atoms with E-state index in [1.807, 2.05) is 160 Å². The fourth-order valence-electron chi connectivity index (χ4n) is 14.1. The standard InChI is InChI=1S/C23H21BrN4O.C20H17N3.C20H20N2O.C14H12N4O2.C11H13N3O.CO2.CH4/c1-14-4-6-17(7-5-14)23(29)25-22-13-21(26-27-22)20-12-15(2)28(16(20)3)19-10-8-18(24)9-11-19;1-14-12-17(15(2)23(14)16-8-4-3-5-9-16)20-13-21-18-10-6-7-11-19(18)22-20;1-13-9-19(16-10-15-5-3-8-20(15)21-12-16)14(2)22(13)17-6-4-7-18(23)11-17;15-13-11(14(16)19)12(20-18-13)10-7-6-9(17-10)8-4-2-1-3-5-8;1-6-2-3-7(4-6)8-5-14-10(12)9(8)11(13)15;2-1-3;/h4-13H,1-3H3,(H2,25,26,27,29);3-13H,1-2H3;4,6-7,9-12,23H,3,5,8H2,1-2H3;1-7,17H,(H2,15,18)(H2,16,19);2-3H,4-5H2,1H3,(H2,12,14)(H2,13,15);;1H4. The monoisotopic (exact) mass is 1580 g/mol. The smallest absolute Gasteiger partial charge is 0.373 e. The Morgan fingerprint density at radius 2 is 1.20 bits per heavy atom. The van der Waals surface area contributed by atoms with E-state index in [9.17, 15) is 19.5 Å². The summed E-state index contributed by atoms with van der Waals surface area (Å²) in [5.41, 5.74) is 50.8. The molecule has 0 saturated carbocycles. The van der Waals surface area contributed by atoms with E-state index in [0.29, 0.717) is 29.2 Å². The first-order chi connectivity index (χ1) is 54.5. The van der Waals surface area contributed by atoms with Gasteiger partial charge in [0.15, 0.2) is 17.4 Å². The molecule has 14 aromatic rings. The van der Waals surface area contributed by atoms with Crippen molar-refractivity contribution in [3.05, 3.63) is 314 Å². The third-order valence-corrected chi connectivity index (χ3v) is 20.0. The van der Waals surface area contributed by atoms with E-state index in [0.717, 1.165) is 114 Å². The van der Waals surface area contributed by atoms with Gasteiger partial charge in [-0.25, -0.2) is 4.98 Å². The summed E-state index contributed by atoms with van der Waals surface area (Å²) < 4.78 is 12.8. The Bertz CT molecular complexity index is 6030. The summed E-state index contributed by atoms with van der Waals surface area (Å²) in [6.07, 6.45) is 12.5. The number of amidine groups is 1. The van der Waals surface area contributed by atoms with Crippen molar-refractivity contribution in [2.45, 2.75) is 88.5 Å². The van der Waals surface area contributed by atoms with Gasteiger partial charge in [-0.1, -0.05) is 131 Å². The van der Waals surface area contributed by atoms with Crippen LogP contribution in [0.25, 0.3) is 84.4 Å². The average molecular weight is 1580 g/mol. The lowest BCUT2D eigenvalue weighted by Crippen LogP contribution is -2.25. The van der Waals surface area contributed by atoms with Crippen LogP contribution in [0.3, 0.4) is 0 Å². The summed E-state index contributed by atoms with van der Waals surface area (Å²) in [6, 6.07) is 65.5. The highest BCUT2D eigenvalue weighted by atomic mass is 79.9. The molecule has 12 N–H and O–H groups in total. The molecule has 9 heterocycles. The number of aryl methyl sites for hydroxylation is 6. The van der Waals surface area contributed by atoms with Crippen molar-refractivity contribution in [1.82, 2.24) is 49.0 Å². The van der Waals surface area contributed by atoms with Crippen molar-refractivity contribution >= 4 is 68.3 Å². The number of rotatable bonds is 13. The van der Waals surface area contributed by atoms with Crippen LogP contribution < -0.4 is 28.3 Å². The Labute approximate surface area is 668 Å². The molecule has 0 fully saturated rings. The number of para-hydroxylation sites is 3. The number of aliphatic imine (C=N–C) groups is 1. The number of allylic oxidation sites excluding steroid dienone is 3. The first-order valence-electron chi connectivity index (χ1n) is 36.3. The van der Waals surface area contributed by atoms with Gasteiger partial charge in [0.25, 0.3) is 17.7 Å². The number of amides is 3. The molecule has 3 aliphatic rings. The molecular weight excluding hydrogens is 1500 g/mol. The molecule has 23 nitrogen and oxygen atoms in total. The molecule has 0 unspecified atom stereocenters. The predicted molar refractivity (Wildman–Crippen MR) is 451 cm³/mol. The van der Waals surface area contributed by atoms with Crippen molar-refractivity contribution in [3.63, 3.8) is 0 Å². The van der Waals surface area contributed by atoms with Gasteiger partial charge in [0.2, 0.25) is 0 Å². The minimum atomic E-state index is -0.672. The number of hydrogen-bond acceptors (Lipinski definition) is 15. The maximum atomic E-state index is 12.4. The molecule has 6 aromatic carbocycles. The van der Waals surface area contributed by atoms with E-state index < -0.39 is 11.8 Å². The summed E-state index contributed by atoms with van der Waals surface area (Å²) in [6.45, 7) is 17.1. The van der Waals surface area contributed by atoms with E-state index in [-0.39, 0.29) is 48.2 Å². The Kier molecular flexibility index (Phi) is 25.7. The number of benzene rings is 6. The SMILES string of the molecule is C.CC1=CC=C(C2=C(C(N)=O)C(N)=NC2)C1.Cc1cc(-c2cnc3c(c2)CCC3)c(C)n1-c1cccc(O)c1.Cc1cc(-c2cnc3ccccc3n2)c(C)n1-c1ccccc1.Cc1ccc(C(=O)Nc2cc(-c3cc(C)n(-c4ccc(Br)cc4)c3C)[nH]n2)cc1.NC(=O)c1c(N)noc1-c1ccc(-c2ccccc2)[nH]1.O=C=O. The number of phenols is 1. The summed E-state index contributed by atoms with van der Waals surface area (Å²) in [4.78, 5) is 72.5. The van der Waals surface area contributed by atoms with Crippen LogP contribution in [0.2, 0.25) is 0 Å². The van der Waals surface area contributed by atoms with Gasteiger partial charge < -0.3 is 56.6 Å².